The minimum Gasteiger partial charge on any atom is -0.380 e. The third-order valence-electron chi connectivity index (χ3n) is 4.01. The maximum absolute atomic E-state index is 6.01. The first-order chi connectivity index (χ1) is 10.3. The summed E-state index contributed by atoms with van der Waals surface area (Å²) in [5.41, 5.74) is 2.53. The van der Waals surface area contributed by atoms with Gasteiger partial charge in [-0.25, -0.2) is 0 Å². The van der Waals surface area contributed by atoms with Gasteiger partial charge in [-0.2, -0.15) is 0 Å². The van der Waals surface area contributed by atoms with E-state index in [1.807, 2.05) is 0 Å². The topological polar surface area (TPSA) is 33.7 Å². The predicted octanol–water partition coefficient (Wildman–Crippen LogP) is 2.20. The third-order valence-corrected chi connectivity index (χ3v) is 4.01. The molecule has 2 atom stereocenters. The Bertz CT molecular complexity index is 408. The molecular weight excluding hydrogens is 264 g/mol. The van der Waals surface area contributed by atoms with Crippen LogP contribution in [0.1, 0.15) is 30.5 Å². The van der Waals surface area contributed by atoms with Crippen molar-refractivity contribution in [2.75, 3.05) is 40.4 Å². The van der Waals surface area contributed by atoms with Gasteiger partial charge in [0.1, 0.15) is 0 Å². The van der Waals surface area contributed by atoms with Crippen molar-refractivity contribution in [3.05, 3.63) is 35.4 Å². The van der Waals surface area contributed by atoms with Crippen LogP contribution in [0, 0.1) is 0 Å². The lowest BCUT2D eigenvalue weighted by molar-refractivity contribution is -0.0612. The van der Waals surface area contributed by atoms with Gasteiger partial charge < -0.3 is 14.8 Å². The van der Waals surface area contributed by atoms with Crippen molar-refractivity contribution in [3.8, 4) is 0 Å². The monoisotopic (exact) mass is 292 g/mol. The first kappa shape index (κ1) is 16.4. The first-order valence-electron chi connectivity index (χ1n) is 7.86. The Balaban J connectivity index is 2.07. The molecule has 1 heterocycles. The molecule has 1 saturated heterocycles. The summed E-state index contributed by atoms with van der Waals surface area (Å²) in [5, 5.41) is 3.49. The van der Waals surface area contributed by atoms with Gasteiger partial charge in [-0.15, -0.1) is 0 Å². The molecule has 0 saturated carbocycles. The summed E-state index contributed by atoms with van der Waals surface area (Å²) in [6.45, 7) is 6.60. The van der Waals surface area contributed by atoms with Crippen molar-refractivity contribution in [1.29, 1.82) is 0 Å². The molecule has 0 aliphatic carbocycles. The smallest absolute Gasteiger partial charge is 0.0896 e. The Labute approximate surface area is 128 Å². The third kappa shape index (κ3) is 4.51. The van der Waals surface area contributed by atoms with E-state index in [9.17, 15) is 0 Å². The number of rotatable bonds is 7. The number of methoxy groups -OCH3 is 1. The second-order valence-corrected chi connectivity index (χ2v) is 5.71. The Morgan fingerprint density at radius 3 is 2.76 bits per heavy atom. The summed E-state index contributed by atoms with van der Waals surface area (Å²) < 4.78 is 11.2. The largest absolute Gasteiger partial charge is 0.380 e. The van der Waals surface area contributed by atoms with Crippen molar-refractivity contribution < 1.29 is 9.47 Å². The van der Waals surface area contributed by atoms with Crippen molar-refractivity contribution in [2.45, 2.75) is 32.1 Å². The molecule has 0 radical (unpaired) electrons. The number of hydrogen-bond donors (Lipinski definition) is 1. The van der Waals surface area contributed by atoms with Crippen LogP contribution in [0.3, 0.4) is 0 Å². The van der Waals surface area contributed by atoms with Crippen molar-refractivity contribution in [2.24, 2.45) is 0 Å². The first-order valence-corrected chi connectivity index (χ1v) is 7.86. The molecule has 1 aliphatic heterocycles. The molecule has 4 heteroatoms. The minimum absolute atomic E-state index is 0.212. The Morgan fingerprint density at radius 2 is 2.10 bits per heavy atom. The number of nitrogens with one attached hydrogen (secondary N) is 1. The van der Waals surface area contributed by atoms with Crippen LogP contribution in [0.4, 0.5) is 0 Å². The van der Waals surface area contributed by atoms with Gasteiger partial charge >= 0.3 is 0 Å². The van der Waals surface area contributed by atoms with Gasteiger partial charge in [0.15, 0.2) is 0 Å². The Hall–Kier alpha value is -0.940. The van der Waals surface area contributed by atoms with E-state index < -0.39 is 0 Å². The number of hydrogen-bond acceptors (Lipinski definition) is 4. The molecule has 0 spiro atoms. The maximum atomic E-state index is 6.01. The van der Waals surface area contributed by atoms with E-state index in [0.717, 1.165) is 32.7 Å². The summed E-state index contributed by atoms with van der Waals surface area (Å²) in [6, 6.07) is 9.03. The molecule has 0 aromatic heterocycles. The number of benzene rings is 1. The predicted molar refractivity (Wildman–Crippen MR) is 85.4 cm³/mol. The molecular formula is C17H28N2O2. The Morgan fingerprint density at radius 1 is 1.33 bits per heavy atom. The molecule has 0 bridgehead atoms. The van der Waals surface area contributed by atoms with Crippen molar-refractivity contribution >= 4 is 0 Å². The fourth-order valence-electron chi connectivity index (χ4n) is 2.90. The van der Waals surface area contributed by atoms with E-state index in [1.54, 1.807) is 7.11 Å². The highest BCUT2D eigenvalue weighted by Crippen LogP contribution is 2.28. The summed E-state index contributed by atoms with van der Waals surface area (Å²) in [7, 11) is 3.91. The lowest BCUT2D eigenvalue weighted by atomic mass is 9.97. The lowest BCUT2D eigenvalue weighted by Gasteiger charge is -2.39. The summed E-state index contributed by atoms with van der Waals surface area (Å²) in [4.78, 5) is 2.40. The van der Waals surface area contributed by atoms with Crippen LogP contribution in [0.2, 0.25) is 0 Å². The van der Waals surface area contributed by atoms with Crippen LogP contribution in [0.15, 0.2) is 24.3 Å². The average Bonchev–Trinajstić information content (AvgIpc) is 2.49. The molecule has 1 N–H and O–H groups in total. The van der Waals surface area contributed by atoms with E-state index in [0.29, 0.717) is 12.6 Å². The fraction of sp³-hybridized carbons (Fsp3) is 0.647. The Kier molecular flexibility index (Phi) is 6.64. The van der Waals surface area contributed by atoms with Gasteiger partial charge in [-0.05, 0) is 31.1 Å². The van der Waals surface area contributed by atoms with Crippen LogP contribution < -0.4 is 5.32 Å². The van der Waals surface area contributed by atoms with E-state index in [2.05, 4.69) is 48.5 Å². The summed E-state index contributed by atoms with van der Waals surface area (Å²) in [6.07, 6.45) is 1.36. The molecule has 1 aliphatic rings. The normalized spacial score (nSPS) is 23.4. The van der Waals surface area contributed by atoms with Gasteiger partial charge in [0.2, 0.25) is 0 Å². The zero-order valence-corrected chi connectivity index (χ0v) is 13.5. The maximum Gasteiger partial charge on any atom is 0.0896 e. The lowest BCUT2D eigenvalue weighted by Crippen LogP contribution is -2.47. The van der Waals surface area contributed by atoms with Crippen LogP contribution in [-0.4, -0.2) is 51.4 Å². The van der Waals surface area contributed by atoms with E-state index >= 15 is 0 Å². The van der Waals surface area contributed by atoms with Crippen LogP contribution in [0.25, 0.3) is 0 Å². The molecule has 2 rings (SSSR count). The zero-order valence-electron chi connectivity index (χ0n) is 13.5. The van der Waals surface area contributed by atoms with E-state index in [4.69, 9.17) is 9.47 Å². The van der Waals surface area contributed by atoms with Crippen molar-refractivity contribution in [3.63, 3.8) is 0 Å². The fourth-order valence-corrected chi connectivity index (χ4v) is 2.90. The van der Waals surface area contributed by atoms with E-state index in [1.165, 1.54) is 11.1 Å². The SMILES string of the molecule is CCCNCC1OCCN(C)C1c1ccc(COC)cc1. The van der Waals surface area contributed by atoms with Gasteiger partial charge in [0.25, 0.3) is 0 Å². The number of nitrogens with zero attached hydrogens (tertiary/aromatic N) is 1. The quantitative estimate of drug-likeness (QED) is 0.781. The summed E-state index contributed by atoms with van der Waals surface area (Å²) in [5.74, 6) is 0. The van der Waals surface area contributed by atoms with Crippen LogP contribution in [0.5, 0.6) is 0 Å². The van der Waals surface area contributed by atoms with Crippen LogP contribution in [-0.2, 0) is 16.1 Å². The van der Waals surface area contributed by atoms with Gasteiger partial charge in [0, 0.05) is 20.2 Å². The minimum atomic E-state index is 0.212. The molecule has 0 amide bonds. The highest BCUT2D eigenvalue weighted by atomic mass is 16.5. The molecule has 2 unspecified atom stereocenters. The average molecular weight is 292 g/mol. The zero-order chi connectivity index (χ0) is 15.1. The molecule has 118 valence electrons. The molecule has 4 nitrogen and oxygen atoms in total. The van der Waals surface area contributed by atoms with Gasteiger partial charge in [0.05, 0.1) is 25.4 Å². The standard InChI is InChI=1S/C17H28N2O2/c1-4-9-18-12-16-17(19(2)10-11-21-16)15-7-5-14(6-8-15)13-20-3/h5-8,16-18H,4,9-13H2,1-3H3. The molecule has 1 aromatic rings. The summed E-state index contributed by atoms with van der Waals surface area (Å²) >= 11 is 0. The van der Waals surface area contributed by atoms with E-state index in [-0.39, 0.29) is 6.10 Å². The molecule has 21 heavy (non-hydrogen) atoms. The van der Waals surface area contributed by atoms with Crippen LogP contribution >= 0.6 is 0 Å². The highest BCUT2D eigenvalue weighted by molar-refractivity contribution is 5.26. The van der Waals surface area contributed by atoms with Crippen molar-refractivity contribution in [1.82, 2.24) is 10.2 Å². The molecule has 1 fully saturated rings. The highest BCUT2D eigenvalue weighted by Gasteiger charge is 2.30. The van der Waals surface area contributed by atoms with Gasteiger partial charge in [-0.3, -0.25) is 4.90 Å². The number of morpholine rings is 1. The second kappa shape index (κ2) is 8.49. The molecule has 1 aromatic carbocycles. The number of ether oxygens (including phenoxy) is 2. The van der Waals surface area contributed by atoms with Gasteiger partial charge in [-0.1, -0.05) is 31.2 Å². The second-order valence-electron chi connectivity index (χ2n) is 5.71. The number of likely N-dealkylation sites (N-methyl/N-ethyl adjacent to an activating group) is 1.